The maximum Gasteiger partial charge on any atom is 0.211 e. The largest absolute Gasteiger partial charge is 0.384 e. The van der Waals surface area contributed by atoms with Crippen molar-refractivity contribution in [3.63, 3.8) is 0 Å². The predicted octanol–water partition coefficient (Wildman–Crippen LogP) is 2.71. The number of rotatable bonds is 3. The molecule has 0 aromatic carbocycles. The van der Waals surface area contributed by atoms with Crippen LogP contribution in [0.3, 0.4) is 0 Å². The van der Waals surface area contributed by atoms with Crippen molar-refractivity contribution in [1.82, 2.24) is 9.78 Å². The van der Waals surface area contributed by atoms with Crippen molar-refractivity contribution in [2.24, 2.45) is 5.41 Å². The van der Waals surface area contributed by atoms with Crippen molar-refractivity contribution in [1.29, 1.82) is 0 Å². The average Bonchev–Trinajstić information content (AvgIpc) is 2.56. The second kappa shape index (κ2) is 4.78. The van der Waals surface area contributed by atoms with Gasteiger partial charge in [0.2, 0.25) is 5.78 Å². The summed E-state index contributed by atoms with van der Waals surface area (Å²) in [6, 6.07) is 0.0219. The highest BCUT2D eigenvalue weighted by atomic mass is 35.5. The molecule has 0 radical (unpaired) electrons. The number of carbonyl (C=O) groups excluding carboxylic acids is 1. The molecular formula is C12H19ClN2O2. The lowest BCUT2D eigenvalue weighted by Crippen LogP contribution is -2.35. The van der Waals surface area contributed by atoms with E-state index in [-0.39, 0.29) is 22.5 Å². The molecule has 1 rings (SSSR count). The number of hydrogen-bond donors (Lipinski definition) is 1. The monoisotopic (exact) mass is 258 g/mol. The minimum absolute atomic E-state index is 0.0219. The zero-order valence-corrected chi connectivity index (χ0v) is 11.6. The third-order valence-electron chi connectivity index (χ3n) is 2.54. The van der Waals surface area contributed by atoms with Gasteiger partial charge in [0.25, 0.3) is 0 Å². The summed E-state index contributed by atoms with van der Waals surface area (Å²) in [6.07, 6.45) is 0.346. The number of Topliss-reactive ketones (excluding diaryl/α,β-unsaturated/α-hetero) is 1. The Labute approximate surface area is 107 Å². The lowest BCUT2D eigenvalue weighted by molar-refractivity contribution is 0.0431. The average molecular weight is 259 g/mol. The van der Waals surface area contributed by atoms with Crippen LogP contribution in [0.15, 0.2) is 6.20 Å². The van der Waals surface area contributed by atoms with Crippen LogP contribution >= 0.6 is 11.6 Å². The number of aliphatic hydroxyl groups is 1. The summed E-state index contributed by atoms with van der Waals surface area (Å²) in [5, 5.41) is 14.3. The number of carbonyl (C=O) groups is 1. The van der Waals surface area contributed by atoms with Crippen molar-refractivity contribution in [2.45, 2.75) is 46.8 Å². The van der Waals surface area contributed by atoms with Crippen LogP contribution in [0, 0.1) is 5.41 Å². The van der Waals surface area contributed by atoms with Crippen LogP contribution in [0.5, 0.6) is 0 Å². The van der Waals surface area contributed by atoms with Crippen LogP contribution < -0.4 is 0 Å². The van der Waals surface area contributed by atoms with Crippen molar-refractivity contribution in [2.75, 3.05) is 0 Å². The zero-order valence-electron chi connectivity index (χ0n) is 10.9. The molecule has 4 nitrogen and oxygen atoms in total. The molecule has 0 spiro atoms. The Kier molecular flexibility index (Phi) is 3.99. The zero-order chi connectivity index (χ0) is 13.4. The molecule has 96 valence electrons. The van der Waals surface area contributed by atoms with Crippen LogP contribution in [0.2, 0.25) is 5.02 Å². The van der Waals surface area contributed by atoms with Gasteiger partial charge in [0.05, 0.1) is 11.2 Å². The lowest BCUT2D eigenvalue weighted by Gasteiger charge is -2.25. The van der Waals surface area contributed by atoms with E-state index < -0.39 is 11.5 Å². The fourth-order valence-electron chi connectivity index (χ4n) is 1.49. The molecule has 1 aromatic rings. The van der Waals surface area contributed by atoms with Gasteiger partial charge in [0.1, 0.15) is 11.8 Å². The topological polar surface area (TPSA) is 55.1 Å². The minimum atomic E-state index is -1.09. The normalized spacial score (nSPS) is 14.1. The van der Waals surface area contributed by atoms with Gasteiger partial charge in [-0.1, -0.05) is 32.4 Å². The van der Waals surface area contributed by atoms with Gasteiger partial charge in [-0.05, 0) is 19.3 Å². The highest BCUT2D eigenvalue weighted by Crippen LogP contribution is 2.26. The van der Waals surface area contributed by atoms with E-state index in [9.17, 15) is 9.90 Å². The van der Waals surface area contributed by atoms with Gasteiger partial charge in [0, 0.05) is 6.04 Å². The van der Waals surface area contributed by atoms with Crippen molar-refractivity contribution >= 4 is 17.4 Å². The Morgan fingerprint density at radius 2 is 2.00 bits per heavy atom. The number of halogens is 1. The molecule has 0 bridgehead atoms. The van der Waals surface area contributed by atoms with Gasteiger partial charge in [-0.3, -0.25) is 9.48 Å². The van der Waals surface area contributed by atoms with E-state index in [2.05, 4.69) is 5.10 Å². The Morgan fingerprint density at radius 1 is 1.47 bits per heavy atom. The molecule has 1 aromatic heterocycles. The molecule has 1 N–H and O–H groups in total. The van der Waals surface area contributed by atoms with Crippen LogP contribution in [-0.2, 0) is 0 Å². The third-order valence-corrected chi connectivity index (χ3v) is 2.82. The number of ketones is 1. The molecule has 0 aliphatic carbocycles. The molecule has 0 saturated carbocycles. The van der Waals surface area contributed by atoms with Gasteiger partial charge in [-0.2, -0.15) is 5.10 Å². The van der Waals surface area contributed by atoms with Crippen molar-refractivity contribution in [3.05, 3.63) is 16.9 Å². The third kappa shape index (κ3) is 2.87. The first-order valence-electron chi connectivity index (χ1n) is 5.61. The summed E-state index contributed by atoms with van der Waals surface area (Å²) >= 11 is 5.96. The van der Waals surface area contributed by atoms with Gasteiger partial charge in [-0.15, -0.1) is 0 Å². The molecule has 1 atom stereocenters. The fraction of sp³-hybridized carbons (Fsp3) is 0.667. The van der Waals surface area contributed by atoms with Gasteiger partial charge in [-0.25, -0.2) is 0 Å². The Balaban J connectivity index is 3.17. The first-order chi connectivity index (χ1) is 7.66. The van der Waals surface area contributed by atoms with E-state index in [1.54, 1.807) is 25.5 Å². The molecule has 5 heteroatoms. The van der Waals surface area contributed by atoms with E-state index in [1.165, 1.54) is 6.20 Å². The van der Waals surface area contributed by atoms with Crippen LogP contribution in [0.1, 0.15) is 51.1 Å². The Hall–Kier alpha value is -0.870. The molecule has 0 fully saturated rings. The smallest absolute Gasteiger partial charge is 0.211 e. The summed E-state index contributed by atoms with van der Waals surface area (Å²) < 4.78 is 1.54. The van der Waals surface area contributed by atoms with E-state index >= 15 is 0 Å². The maximum absolute atomic E-state index is 12.2. The fourth-order valence-corrected chi connectivity index (χ4v) is 1.71. The summed E-state index contributed by atoms with van der Waals surface area (Å²) in [5.74, 6) is -0.381. The second-order valence-electron chi connectivity index (χ2n) is 5.51. The number of hydrogen-bond acceptors (Lipinski definition) is 3. The van der Waals surface area contributed by atoms with E-state index in [4.69, 9.17) is 11.6 Å². The van der Waals surface area contributed by atoms with Crippen LogP contribution in [0.25, 0.3) is 0 Å². The molecule has 1 heterocycles. The number of nitrogens with zero attached hydrogens (tertiary/aromatic N) is 2. The van der Waals surface area contributed by atoms with E-state index in [0.29, 0.717) is 0 Å². The first kappa shape index (κ1) is 14.2. The summed E-state index contributed by atoms with van der Waals surface area (Å²) in [4.78, 5) is 12.2. The predicted molar refractivity (Wildman–Crippen MR) is 67.4 cm³/mol. The van der Waals surface area contributed by atoms with Crippen LogP contribution in [0.4, 0.5) is 0 Å². The second-order valence-corrected chi connectivity index (χ2v) is 5.92. The molecule has 0 aliphatic heterocycles. The van der Waals surface area contributed by atoms with Crippen molar-refractivity contribution in [3.8, 4) is 0 Å². The van der Waals surface area contributed by atoms with E-state index in [1.807, 2.05) is 13.8 Å². The highest BCUT2D eigenvalue weighted by Gasteiger charge is 2.33. The molecule has 0 aliphatic rings. The number of aromatic nitrogens is 2. The highest BCUT2D eigenvalue weighted by molar-refractivity contribution is 6.33. The number of aliphatic hydroxyl groups excluding tert-OH is 1. The van der Waals surface area contributed by atoms with Gasteiger partial charge >= 0.3 is 0 Å². The molecule has 0 saturated heterocycles. The van der Waals surface area contributed by atoms with E-state index in [0.717, 1.165) is 0 Å². The first-order valence-corrected chi connectivity index (χ1v) is 5.99. The molecular weight excluding hydrogens is 240 g/mol. The standard InChI is InChI=1S/C12H19ClN2O2/c1-7(2)15-9(8(13)6-14-15)10(16)11(17)12(3,4)5/h6-7,11,17H,1-5H3. The summed E-state index contributed by atoms with van der Waals surface area (Å²) in [6.45, 7) is 9.23. The summed E-state index contributed by atoms with van der Waals surface area (Å²) in [5.41, 5.74) is -0.240. The maximum atomic E-state index is 12.2. The van der Waals surface area contributed by atoms with Gasteiger partial charge in [0.15, 0.2) is 0 Å². The molecule has 1 unspecified atom stereocenters. The lowest BCUT2D eigenvalue weighted by atomic mass is 9.85. The quantitative estimate of drug-likeness (QED) is 0.848. The Bertz CT molecular complexity index is 419. The minimum Gasteiger partial charge on any atom is -0.384 e. The Morgan fingerprint density at radius 3 is 2.41 bits per heavy atom. The molecule has 0 amide bonds. The van der Waals surface area contributed by atoms with Crippen LogP contribution in [-0.4, -0.2) is 26.8 Å². The van der Waals surface area contributed by atoms with Gasteiger partial charge < -0.3 is 5.11 Å². The SMILES string of the molecule is CC(C)n1ncc(Cl)c1C(=O)C(O)C(C)(C)C. The van der Waals surface area contributed by atoms with Crippen molar-refractivity contribution < 1.29 is 9.90 Å². The molecule has 17 heavy (non-hydrogen) atoms. The summed E-state index contributed by atoms with van der Waals surface area (Å²) in [7, 11) is 0.